The predicted molar refractivity (Wildman–Crippen MR) is 71.2 cm³/mol. The van der Waals surface area contributed by atoms with E-state index in [2.05, 4.69) is 0 Å². The first-order valence-corrected chi connectivity index (χ1v) is 5.99. The van der Waals surface area contributed by atoms with E-state index in [0.29, 0.717) is 0 Å². The molecule has 0 aliphatic carbocycles. The Labute approximate surface area is 111 Å². The van der Waals surface area contributed by atoms with Crippen LogP contribution in [-0.2, 0) is 4.79 Å². The number of halogens is 2. The van der Waals surface area contributed by atoms with Crippen LogP contribution in [0.1, 0.15) is 25.8 Å². The highest BCUT2D eigenvalue weighted by atomic mass is 19.1. The van der Waals surface area contributed by atoms with Crippen molar-refractivity contribution >= 4 is 17.7 Å². The smallest absolute Gasteiger partial charge is 0.328 e. The summed E-state index contributed by atoms with van der Waals surface area (Å²) in [6, 6.07) is 2.25. The molecule has 1 atom stereocenters. The maximum absolute atomic E-state index is 13.9. The van der Waals surface area contributed by atoms with E-state index < -0.39 is 17.6 Å². The molecule has 0 aliphatic heterocycles. The molecule has 0 saturated carbocycles. The van der Waals surface area contributed by atoms with Crippen LogP contribution >= 0.6 is 0 Å². The van der Waals surface area contributed by atoms with Gasteiger partial charge in [0.15, 0.2) is 0 Å². The van der Waals surface area contributed by atoms with Gasteiger partial charge in [0.2, 0.25) is 0 Å². The fourth-order valence-electron chi connectivity index (χ4n) is 1.68. The molecule has 5 heteroatoms. The van der Waals surface area contributed by atoms with Crippen molar-refractivity contribution in [2.75, 3.05) is 11.9 Å². The minimum absolute atomic E-state index is 0.00408. The SMILES string of the molecule is CCC(C)N(C)c1c(F)cc(/C=C/C(=O)O)cc1F. The number of carboxylic acid groups (broad SMARTS) is 1. The van der Waals surface area contributed by atoms with Gasteiger partial charge >= 0.3 is 5.97 Å². The second-order valence-electron chi connectivity index (χ2n) is 4.37. The van der Waals surface area contributed by atoms with Crippen molar-refractivity contribution in [3.05, 3.63) is 35.4 Å². The molecule has 1 rings (SSSR count). The highest BCUT2D eigenvalue weighted by Gasteiger charge is 2.18. The third-order valence-electron chi connectivity index (χ3n) is 3.06. The number of aliphatic carboxylic acids is 1. The molecule has 0 radical (unpaired) electrons. The zero-order valence-corrected chi connectivity index (χ0v) is 11.2. The number of rotatable bonds is 5. The van der Waals surface area contributed by atoms with E-state index >= 15 is 0 Å². The highest BCUT2D eigenvalue weighted by molar-refractivity contribution is 5.85. The van der Waals surface area contributed by atoms with E-state index in [4.69, 9.17) is 5.11 Å². The molecule has 1 aromatic rings. The number of benzene rings is 1. The molecule has 0 bridgehead atoms. The molecule has 0 heterocycles. The van der Waals surface area contributed by atoms with Gasteiger partial charge in [-0.05, 0) is 37.1 Å². The van der Waals surface area contributed by atoms with Gasteiger partial charge in [-0.1, -0.05) is 6.92 Å². The van der Waals surface area contributed by atoms with E-state index in [1.807, 2.05) is 13.8 Å². The lowest BCUT2D eigenvalue weighted by molar-refractivity contribution is -0.131. The van der Waals surface area contributed by atoms with Crippen molar-refractivity contribution in [2.24, 2.45) is 0 Å². The van der Waals surface area contributed by atoms with Crippen LogP contribution < -0.4 is 4.90 Å². The highest BCUT2D eigenvalue weighted by Crippen LogP contribution is 2.26. The van der Waals surface area contributed by atoms with E-state index in [1.165, 1.54) is 4.90 Å². The topological polar surface area (TPSA) is 40.5 Å². The van der Waals surface area contributed by atoms with E-state index in [9.17, 15) is 13.6 Å². The van der Waals surface area contributed by atoms with Crippen molar-refractivity contribution in [2.45, 2.75) is 26.3 Å². The Kier molecular flexibility index (Phi) is 5.03. The zero-order chi connectivity index (χ0) is 14.6. The van der Waals surface area contributed by atoms with Crippen molar-refractivity contribution in [1.29, 1.82) is 0 Å². The maximum Gasteiger partial charge on any atom is 0.328 e. The van der Waals surface area contributed by atoms with Crippen LogP contribution in [0.25, 0.3) is 6.08 Å². The number of carboxylic acids is 1. The Morgan fingerprint density at radius 3 is 2.37 bits per heavy atom. The first-order chi connectivity index (χ1) is 8.86. The second kappa shape index (κ2) is 6.31. The maximum atomic E-state index is 13.9. The fourth-order valence-corrected chi connectivity index (χ4v) is 1.68. The lowest BCUT2D eigenvalue weighted by Crippen LogP contribution is -2.29. The van der Waals surface area contributed by atoms with Crippen molar-refractivity contribution in [3.63, 3.8) is 0 Å². The zero-order valence-electron chi connectivity index (χ0n) is 11.2. The minimum Gasteiger partial charge on any atom is -0.478 e. The van der Waals surface area contributed by atoms with Gasteiger partial charge < -0.3 is 10.0 Å². The molecule has 0 aromatic heterocycles. The molecule has 0 aliphatic rings. The molecule has 0 amide bonds. The largest absolute Gasteiger partial charge is 0.478 e. The van der Waals surface area contributed by atoms with Crippen LogP contribution in [0.2, 0.25) is 0 Å². The Morgan fingerprint density at radius 1 is 1.42 bits per heavy atom. The Bertz CT molecular complexity index is 477. The fraction of sp³-hybridized carbons (Fsp3) is 0.357. The summed E-state index contributed by atoms with van der Waals surface area (Å²) in [5.74, 6) is -2.57. The van der Waals surface area contributed by atoms with Gasteiger partial charge in [0.25, 0.3) is 0 Å². The Morgan fingerprint density at radius 2 is 1.95 bits per heavy atom. The van der Waals surface area contributed by atoms with Gasteiger partial charge in [-0.3, -0.25) is 0 Å². The molecule has 0 spiro atoms. The molecule has 19 heavy (non-hydrogen) atoms. The van der Waals surface area contributed by atoms with E-state index in [1.54, 1.807) is 7.05 Å². The first-order valence-electron chi connectivity index (χ1n) is 5.99. The molecule has 3 nitrogen and oxygen atoms in total. The number of anilines is 1. The normalized spacial score (nSPS) is 12.7. The van der Waals surface area contributed by atoms with E-state index in [-0.39, 0.29) is 17.3 Å². The summed E-state index contributed by atoms with van der Waals surface area (Å²) in [7, 11) is 1.63. The quantitative estimate of drug-likeness (QED) is 0.834. The second-order valence-corrected chi connectivity index (χ2v) is 4.37. The lowest BCUT2D eigenvalue weighted by atomic mass is 10.1. The summed E-state index contributed by atoms with van der Waals surface area (Å²) in [6.45, 7) is 3.80. The molecule has 0 fully saturated rings. The van der Waals surface area contributed by atoms with Crippen LogP contribution in [0.5, 0.6) is 0 Å². The van der Waals surface area contributed by atoms with Crippen LogP contribution in [0.4, 0.5) is 14.5 Å². The van der Waals surface area contributed by atoms with Crippen LogP contribution in [0.15, 0.2) is 18.2 Å². The molecule has 104 valence electrons. The lowest BCUT2D eigenvalue weighted by Gasteiger charge is -2.27. The summed E-state index contributed by atoms with van der Waals surface area (Å²) in [4.78, 5) is 11.9. The van der Waals surface area contributed by atoms with Gasteiger partial charge in [0.1, 0.15) is 17.3 Å². The van der Waals surface area contributed by atoms with Gasteiger partial charge in [-0.25, -0.2) is 13.6 Å². The minimum atomic E-state index is -1.17. The van der Waals surface area contributed by atoms with Gasteiger partial charge in [0, 0.05) is 19.2 Å². The monoisotopic (exact) mass is 269 g/mol. The number of hydrogen-bond acceptors (Lipinski definition) is 2. The molecular weight excluding hydrogens is 252 g/mol. The third kappa shape index (κ3) is 3.77. The summed E-state index contributed by atoms with van der Waals surface area (Å²) >= 11 is 0. The molecular formula is C14H17F2NO2. The predicted octanol–water partition coefficient (Wildman–Crippen LogP) is 3.30. The van der Waals surface area contributed by atoms with Crippen LogP contribution in [-0.4, -0.2) is 24.2 Å². The average molecular weight is 269 g/mol. The molecule has 1 N–H and O–H groups in total. The van der Waals surface area contributed by atoms with Crippen LogP contribution in [0.3, 0.4) is 0 Å². The Balaban J connectivity index is 3.14. The summed E-state index contributed by atoms with van der Waals surface area (Å²) in [5, 5.41) is 8.48. The van der Waals surface area contributed by atoms with Crippen LogP contribution in [0, 0.1) is 11.6 Å². The number of carbonyl (C=O) groups is 1. The summed E-state index contributed by atoms with van der Waals surface area (Å²) in [5.41, 5.74) is 0.0838. The third-order valence-corrected chi connectivity index (χ3v) is 3.06. The van der Waals surface area contributed by atoms with Gasteiger partial charge in [0.05, 0.1) is 0 Å². The average Bonchev–Trinajstić information content (AvgIpc) is 2.34. The molecule has 1 aromatic carbocycles. The van der Waals surface area contributed by atoms with Crippen molar-refractivity contribution < 1.29 is 18.7 Å². The van der Waals surface area contributed by atoms with Gasteiger partial charge in [-0.15, -0.1) is 0 Å². The molecule has 0 saturated heterocycles. The number of nitrogens with zero attached hydrogens (tertiary/aromatic N) is 1. The summed E-state index contributed by atoms with van der Waals surface area (Å²) in [6.07, 6.45) is 2.75. The summed E-state index contributed by atoms with van der Waals surface area (Å²) < 4.78 is 27.8. The van der Waals surface area contributed by atoms with Gasteiger partial charge in [-0.2, -0.15) is 0 Å². The molecule has 1 unspecified atom stereocenters. The number of hydrogen-bond donors (Lipinski definition) is 1. The van der Waals surface area contributed by atoms with E-state index in [0.717, 1.165) is 30.7 Å². The standard InChI is InChI=1S/C14H17F2NO2/c1-4-9(2)17(3)14-11(15)7-10(8-12(14)16)5-6-13(18)19/h5-9H,4H2,1-3H3,(H,18,19)/b6-5+. The van der Waals surface area contributed by atoms with Crippen molar-refractivity contribution in [1.82, 2.24) is 0 Å². The first kappa shape index (κ1) is 15.1. The van der Waals surface area contributed by atoms with Crippen molar-refractivity contribution in [3.8, 4) is 0 Å². The Hall–Kier alpha value is -1.91.